The van der Waals surface area contributed by atoms with Crippen LogP contribution in [-0.2, 0) is 11.2 Å². The Kier molecular flexibility index (Phi) is 5.92. The molecule has 2 nitrogen and oxygen atoms in total. The Balaban J connectivity index is 1.76. The summed E-state index contributed by atoms with van der Waals surface area (Å²) < 4.78 is 0. The molecule has 0 heterocycles. The molecule has 2 aromatic rings. The first-order chi connectivity index (χ1) is 10.2. The van der Waals surface area contributed by atoms with Gasteiger partial charge in [0.15, 0.2) is 0 Å². The molecule has 2 rings (SSSR count). The van der Waals surface area contributed by atoms with Crippen LogP contribution < -0.4 is 0 Å². The molecule has 0 aliphatic heterocycles. The van der Waals surface area contributed by atoms with E-state index in [4.69, 9.17) is 0 Å². The zero-order valence-corrected chi connectivity index (χ0v) is 12.0. The van der Waals surface area contributed by atoms with Crippen molar-refractivity contribution < 1.29 is 9.90 Å². The first-order valence-corrected chi connectivity index (χ1v) is 7.21. The first kappa shape index (κ1) is 15.2. The number of aliphatic hydroxyl groups excluding tert-OH is 1. The molecule has 21 heavy (non-hydrogen) atoms. The van der Waals surface area contributed by atoms with Crippen molar-refractivity contribution in [2.75, 3.05) is 0 Å². The summed E-state index contributed by atoms with van der Waals surface area (Å²) in [7, 11) is 0. The largest absolute Gasteiger partial charge is 0.389 e. The van der Waals surface area contributed by atoms with Crippen LogP contribution in [0.5, 0.6) is 0 Å². The lowest BCUT2D eigenvalue weighted by Crippen LogP contribution is -2.11. The van der Waals surface area contributed by atoms with Gasteiger partial charge in [-0.3, -0.25) is 4.79 Å². The number of hydrogen-bond acceptors (Lipinski definition) is 2. The van der Waals surface area contributed by atoms with Gasteiger partial charge in [0.1, 0.15) is 5.78 Å². The zero-order chi connectivity index (χ0) is 14.9. The lowest BCUT2D eigenvalue weighted by molar-refractivity contribution is -0.120. The molecule has 0 aliphatic rings. The van der Waals surface area contributed by atoms with Crippen LogP contribution in [0.1, 0.15) is 24.0 Å². The summed E-state index contributed by atoms with van der Waals surface area (Å²) in [4.78, 5) is 11.8. The standard InChI is InChI=1S/C19H20O2/c20-18(13-11-16-7-3-1-4-8-16)15-19(21)14-12-17-9-5-2-6-10-17/h1-11,13,18,20H,12,14-15H2/b13-11+/t18-/m1/s1. The Morgan fingerprint density at radius 1 is 1.00 bits per heavy atom. The highest BCUT2D eigenvalue weighted by atomic mass is 16.3. The van der Waals surface area contributed by atoms with E-state index in [0.717, 1.165) is 17.5 Å². The third kappa shape index (κ3) is 5.76. The second-order valence-corrected chi connectivity index (χ2v) is 5.07. The highest BCUT2D eigenvalue weighted by Crippen LogP contribution is 2.08. The normalized spacial score (nSPS) is 12.4. The molecule has 0 amide bonds. The van der Waals surface area contributed by atoms with Crippen molar-refractivity contribution in [3.05, 3.63) is 77.9 Å². The van der Waals surface area contributed by atoms with E-state index in [-0.39, 0.29) is 12.2 Å². The van der Waals surface area contributed by atoms with E-state index in [1.807, 2.05) is 66.7 Å². The van der Waals surface area contributed by atoms with Crippen LogP contribution in [0, 0.1) is 0 Å². The van der Waals surface area contributed by atoms with Gasteiger partial charge in [-0.15, -0.1) is 0 Å². The topological polar surface area (TPSA) is 37.3 Å². The number of carbonyl (C=O) groups excluding carboxylic acids is 1. The fraction of sp³-hybridized carbons (Fsp3) is 0.211. The van der Waals surface area contributed by atoms with E-state index >= 15 is 0 Å². The molecule has 0 unspecified atom stereocenters. The number of rotatable bonds is 7. The number of aliphatic hydroxyl groups is 1. The predicted molar refractivity (Wildman–Crippen MR) is 85.9 cm³/mol. The summed E-state index contributed by atoms with van der Waals surface area (Å²) >= 11 is 0. The van der Waals surface area contributed by atoms with Gasteiger partial charge >= 0.3 is 0 Å². The van der Waals surface area contributed by atoms with Crippen LogP contribution in [-0.4, -0.2) is 17.0 Å². The lowest BCUT2D eigenvalue weighted by Gasteiger charge is -2.05. The SMILES string of the molecule is O=C(CCc1ccccc1)C[C@H](O)/C=C/c1ccccc1. The molecule has 1 atom stereocenters. The maximum Gasteiger partial charge on any atom is 0.136 e. The number of hydrogen-bond donors (Lipinski definition) is 1. The summed E-state index contributed by atoms with van der Waals surface area (Å²) in [5, 5.41) is 9.87. The van der Waals surface area contributed by atoms with Crippen LogP contribution >= 0.6 is 0 Å². The molecule has 0 fully saturated rings. The molecule has 0 aromatic heterocycles. The summed E-state index contributed by atoms with van der Waals surface area (Å²) in [5.74, 6) is 0.0871. The summed E-state index contributed by atoms with van der Waals surface area (Å²) in [6, 6.07) is 19.7. The fourth-order valence-corrected chi connectivity index (χ4v) is 2.12. The highest BCUT2D eigenvalue weighted by molar-refractivity contribution is 5.79. The second kappa shape index (κ2) is 8.18. The number of carbonyl (C=O) groups is 1. The van der Waals surface area contributed by atoms with E-state index in [9.17, 15) is 9.90 Å². The molecule has 2 heteroatoms. The Morgan fingerprint density at radius 2 is 1.62 bits per heavy atom. The van der Waals surface area contributed by atoms with Gasteiger partial charge in [-0.2, -0.15) is 0 Å². The van der Waals surface area contributed by atoms with Crippen molar-refractivity contribution in [2.45, 2.75) is 25.4 Å². The average molecular weight is 280 g/mol. The van der Waals surface area contributed by atoms with Crippen LogP contribution in [0.4, 0.5) is 0 Å². The number of Topliss-reactive ketones (excluding diaryl/α,β-unsaturated/α-hetero) is 1. The molecule has 0 radical (unpaired) electrons. The molecular weight excluding hydrogens is 260 g/mol. The van der Waals surface area contributed by atoms with Crippen LogP contribution in [0.25, 0.3) is 6.08 Å². The molecule has 0 spiro atoms. The van der Waals surface area contributed by atoms with E-state index in [1.165, 1.54) is 0 Å². The monoisotopic (exact) mass is 280 g/mol. The second-order valence-electron chi connectivity index (χ2n) is 5.07. The van der Waals surface area contributed by atoms with Gasteiger partial charge in [0, 0.05) is 12.8 Å². The van der Waals surface area contributed by atoms with Crippen LogP contribution in [0.3, 0.4) is 0 Å². The van der Waals surface area contributed by atoms with Gasteiger partial charge < -0.3 is 5.11 Å². The van der Waals surface area contributed by atoms with Crippen molar-refractivity contribution in [1.29, 1.82) is 0 Å². The lowest BCUT2D eigenvalue weighted by atomic mass is 10.0. The Morgan fingerprint density at radius 3 is 2.29 bits per heavy atom. The smallest absolute Gasteiger partial charge is 0.136 e. The van der Waals surface area contributed by atoms with E-state index < -0.39 is 6.10 Å². The molecule has 0 aliphatic carbocycles. The van der Waals surface area contributed by atoms with Gasteiger partial charge in [-0.25, -0.2) is 0 Å². The quantitative estimate of drug-likeness (QED) is 0.840. The Labute approximate surface area is 125 Å². The van der Waals surface area contributed by atoms with Gasteiger partial charge in [0.05, 0.1) is 6.10 Å². The van der Waals surface area contributed by atoms with Crippen molar-refractivity contribution in [3.63, 3.8) is 0 Å². The van der Waals surface area contributed by atoms with Gasteiger partial charge in [-0.05, 0) is 17.5 Å². The third-order valence-electron chi connectivity index (χ3n) is 3.28. The molecule has 108 valence electrons. The molecular formula is C19H20O2. The van der Waals surface area contributed by atoms with Crippen molar-refractivity contribution in [2.24, 2.45) is 0 Å². The summed E-state index contributed by atoms with van der Waals surface area (Å²) in [5.41, 5.74) is 2.17. The minimum Gasteiger partial charge on any atom is -0.389 e. The van der Waals surface area contributed by atoms with E-state index in [0.29, 0.717) is 6.42 Å². The van der Waals surface area contributed by atoms with Crippen LogP contribution in [0.15, 0.2) is 66.7 Å². The molecule has 0 saturated carbocycles. The maximum atomic E-state index is 11.8. The summed E-state index contributed by atoms with van der Waals surface area (Å²) in [6.07, 6.45) is 4.18. The predicted octanol–water partition coefficient (Wildman–Crippen LogP) is 3.65. The van der Waals surface area contributed by atoms with E-state index in [1.54, 1.807) is 6.08 Å². The van der Waals surface area contributed by atoms with Crippen molar-refractivity contribution in [1.82, 2.24) is 0 Å². The van der Waals surface area contributed by atoms with Crippen LogP contribution in [0.2, 0.25) is 0 Å². The van der Waals surface area contributed by atoms with Crippen molar-refractivity contribution >= 4 is 11.9 Å². The maximum absolute atomic E-state index is 11.8. The van der Waals surface area contributed by atoms with Crippen molar-refractivity contribution in [3.8, 4) is 0 Å². The number of ketones is 1. The number of benzene rings is 2. The van der Waals surface area contributed by atoms with E-state index in [2.05, 4.69) is 0 Å². The highest BCUT2D eigenvalue weighted by Gasteiger charge is 2.08. The minimum atomic E-state index is -0.714. The summed E-state index contributed by atoms with van der Waals surface area (Å²) in [6.45, 7) is 0. The molecule has 2 aromatic carbocycles. The third-order valence-corrected chi connectivity index (χ3v) is 3.28. The minimum absolute atomic E-state index is 0.0871. The van der Waals surface area contributed by atoms with Gasteiger partial charge in [0.2, 0.25) is 0 Å². The first-order valence-electron chi connectivity index (χ1n) is 7.21. The Hall–Kier alpha value is -2.19. The number of aryl methyl sites for hydroxylation is 1. The molecule has 0 saturated heterocycles. The fourth-order valence-electron chi connectivity index (χ4n) is 2.12. The van der Waals surface area contributed by atoms with Gasteiger partial charge in [0.25, 0.3) is 0 Å². The average Bonchev–Trinajstić information content (AvgIpc) is 2.53. The van der Waals surface area contributed by atoms with Gasteiger partial charge in [-0.1, -0.05) is 72.8 Å². The zero-order valence-electron chi connectivity index (χ0n) is 12.0. The molecule has 1 N–H and O–H groups in total. The Bertz CT molecular complexity index is 573. The molecule has 0 bridgehead atoms.